The third-order valence-corrected chi connectivity index (χ3v) is 14.1. The van der Waals surface area contributed by atoms with Crippen molar-refractivity contribution >= 4 is 116 Å². The molecule has 2 heterocycles. The minimum absolute atomic E-state index is 0. The van der Waals surface area contributed by atoms with Gasteiger partial charge in [-0.1, -0.05) is 80.2 Å². The average molecular weight is 1500 g/mol. The van der Waals surface area contributed by atoms with Crippen LogP contribution < -0.4 is 67.1 Å². The summed E-state index contributed by atoms with van der Waals surface area (Å²) in [5.41, 5.74) is 23.2. The predicted molar refractivity (Wildman–Crippen MR) is 413 cm³/mol. The Morgan fingerprint density at radius 2 is 0.843 bits per heavy atom. The van der Waals surface area contributed by atoms with E-state index in [2.05, 4.69) is 50.3 Å². The first-order valence-electron chi connectivity index (χ1n) is 32.8. The number of carbonyl (C=O) groups excluding carboxylic acids is 6. The summed E-state index contributed by atoms with van der Waals surface area (Å²) in [5, 5.41) is 21.1. The molecule has 0 aliphatic carbocycles. The van der Waals surface area contributed by atoms with Gasteiger partial charge in [0, 0.05) is 107 Å². The van der Waals surface area contributed by atoms with Crippen LogP contribution in [0.15, 0.2) is 146 Å². The fourth-order valence-corrected chi connectivity index (χ4v) is 8.83. The van der Waals surface area contributed by atoms with Crippen LogP contribution in [-0.2, 0) is 47.8 Å². The van der Waals surface area contributed by atoms with Crippen LogP contribution in [0.25, 0.3) is 29.1 Å². The quantitative estimate of drug-likeness (QED) is 0.00687. The molecule has 8 rings (SSSR count). The topological polar surface area (TPSA) is 366 Å². The van der Waals surface area contributed by atoms with Crippen LogP contribution in [0, 0.1) is 45.3 Å². The minimum atomic E-state index is -0.997. The zero-order valence-electron chi connectivity index (χ0n) is 60.3. The van der Waals surface area contributed by atoms with Gasteiger partial charge in [0.25, 0.3) is 0 Å². The van der Waals surface area contributed by atoms with Crippen molar-refractivity contribution in [3.8, 4) is 0 Å². The molecule has 108 heavy (non-hydrogen) atoms. The average Bonchev–Trinajstić information content (AvgIpc) is 0.838. The van der Waals surface area contributed by atoms with Gasteiger partial charge in [-0.15, -0.1) is 11.6 Å². The van der Waals surface area contributed by atoms with Gasteiger partial charge < -0.3 is 87.8 Å². The van der Waals surface area contributed by atoms with Crippen LogP contribution in [0.4, 0.5) is 67.0 Å². The molecule has 30 nitrogen and oxygen atoms in total. The van der Waals surface area contributed by atoms with E-state index in [0.29, 0.717) is 119 Å². The second kappa shape index (κ2) is 59.4. The summed E-state index contributed by atoms with van der Waals surface area (Å²) < 4.78 is 26.6. The van der Waals surface area contributed by atoms with Crippen molar-refractivity contribution < 1.29 is 81.6 Å². The first kappa shape index (κ1) is 98.2. The van der Waals surface area contributed by atoms with Crippen molar-refractivity contribution in [2.75, 3.05) is 169 Å². The molecule has 2 fully saturated rings. The Hall–Kier alpha value is -11.8. The number of piperazine rings is 2. The predicted octanol–water partition coefficient (Wildman–Crippen LogP) is 6.85. The smallest absolute Gasteiger partial charge is 0.870 e. The zero-order chi connectivity index (χ0) is 77.6. The van der Waals surface area contributed by atoms with Crippen LogP contribution in [-0.4, -0.2) is 210 Å². The van der Waals surface area contributed by atoms with Gasteiger partial charge >= 0.3 is 42.7 Å². The monoisotopic (exact) mass is 1500 g/mol. The molecule has 0 radical (unpaired) electrons. The molecule has 12 N–H and O–H groups in total. The number of anilines is 5. The van der Waals surface area contributed by atoms with E-state index in [-0.39, 0.29) is 119 Å². The Bertz CT molecular complexity index is 3890. The number of hydrogen-bond acceptors (Lipinski definition) is 20. The second-order valence-electron chi connectivity index (χ2n) is 21.4. The van der Waals surface area contributed by atoms with Gasteiger partial charge in [0.2, 0.25) is 17.7 Å². The van der Waals surface area contributed by atoms with E-state index in [9.17, 15) is 38.0 Å². The van der Waals surface area contributed by atoms with E-state index in [4.69, 9.17) is 87.6 Å². The number of esters is 3. The maximum absolute atomic E-state index is 12.1. The van der Waals surface area contributed by atoms with Gasteiger partial charge in [-0.25, -0.2) is 33.5 Å². The molecule has 33 heteroatoms. The number of hydrogen-bond donors (Lipinski definition) is 8. The van der Waals surface area contributed by atoms with E-state index in [1.807, 2.05) is 46.2 Å². The number of amides is 3. The van der Waals surface area contributed by atoms with Gasteiger partial charge in [0.1, 0.15) is 31.3 Å². The van der Waals surface area contributed by atoms with Crippen LogP contribution >= 0.6 is 11.6 Å². The molecule has 0 unspecified atom stereocenters. The van der Waals surface area contributed by atoms with Crippen LogP contribution in [0.5, 0.6) is 0 Å². The van der Waals surface area contributed by atoms with E-state index in [1.54, 1.807) is 106 Å². The summed E-state index contributed by atoms with van der Waals surface area (Å²) in [4.78, 5) is 108. The van der Waals surface area contributed by atoms with Gasteiger partial charge in [-0.05, 0) is 93.6 Å². The molecule has 570 valence electrons. The van der Waals surface area contributed by atoms with E-state index in [0.717, 1.165) is 35.0 Å². The van der Waals surface area contributed by atoms with Crippen molar-refractivity contribution in [3.05, 3.63) is 220 Å². The Kier molecular flexibility index (Phi) is 54.0. The van der Waals surface area contributed by atoms with Crippen molar-refractivity contribution in [3.63, 3.8) is 0 Å². The number of nitrogens with one attached hydrogen (secondary N) is 4. The molecular weight excluding hydrogens is 1410 g/mol. The Morgan fingerprint density at radius 1 is 0.500 bits per heavy atom. The number of aliphatic carboxylic acids is 1. The van der Waals surface area contributed by atoms with Crippen LogP contribution in [0.1, 0.15) is 28.2 Å². The number of carboxylic acid groups (broad SMARTS) is 1. The number of rotatable bonds is 26. The molecule has 6 aromatic carbocycles. The fraction of sp³-hybridized carbons (Fsp3) is 0.347. The number of nitrogens with two attached hydrogens (primary N) is 3. The summed E-state index contributed by atoms with van der Waals surface area (Å²) in [6.45, 7) is 54.2. The molecule has 0 bridgehead atoms. The Balaban J connectivity index is 0. The normalized spacial score (nSPS) is 11.1. The van der Waals surface area contributed by atoms with Crippen molar-refractivity contribution in [1.29, 1.82) is 0 Å². The minimum Gasteiger partial charge on any atom is -0.870 e. The second-order valence-corrected chi connectivity index (χ2v) is 21.6. The molecule has 0 atom stereocenters. The first-order chi connectivity index (χ1) is 50.7. The zero-order valence-corrected chi connectivity index (χ0v) is 61.1. The first-order valence-corrected chi connectivity index (χ1v) is 33.4. The number of alkyl halides is 1. The van der Waals surface area contributed by atoms with Crippen molar-refractivity contribution in [1.82, 2.24) is 20.0 Å². The molecule has 0 aromatic heterocycles. The summed E-state index contributed by atoms with van der Waals surface area (Å²) in [6, 6.07) is 41.1. The van der Waals surface area contributed by atoms with Crippen molar-refractivity contribution in [2.24, 2.45) is 17.2 Å². The van der Waals surface area contributed by atoms with E-state index < -0.39 is 11.9 Å². The maximum atomic E-state index is 12.1. The maximum Gasteiger partial charge on any atom is 1.00 e. The standard InChI is InChI=1S/C15H18ClN3O3.C15H17N3O3.C13H13N3O3.C13H17N3O2.C9H11N3.C7H4FN.C2H8N2.CH4.Li.H2O/c1-3-22-15(21)11-19(14(20)10-16)9-8-18-13-6-4-12(17-2)5-7-13;1-3-21-15(20)11-18-9-8-17(10-14(18)19)13-6-4-12(16-2)5-7-13;1-14-10-2-4-11(5-3-10)15-6-7-16(9-13(18)19)12(17)8-15;1-3-18-13(17)10-15-8-9-16-12-6-4-11(14-2)5-7-12;1-11-8-2-4-9(5-3-8)12-7-6-10;1-9-7-4-2-6(8)3-5-7;3-1-2-4;;;/h4-7,18H,3,8-11H2,1H3;4-7H,3,8-11H2,1H3;2-5H,6-9H2,(H,18,19);4-7,15-16H,3,8-10H2,1H3;2-5,12H,6-7,10H2;2-5H;1-4H2;1H4;;1H2/q;;;;;;;;+1;/p-1. The molecular formula is C75H93ClFLiN18O12. The largest absolute Gasteiger partial charge is 1.00 e. The Labute approximate surface area is 648 Å². The third kappa shape index (κ3) is 41.6. The van der Waals surface area contributed by atoms with Crippen LogP contribution in [0.3, 0.4) is 0 Å². The third-order valence-electron chi connectivity index (χ3n) is 13.9. The van der Waals surface area contributed by atoms with Crippen molar-refractivity contribution in [2.45, 2.75) is 28.2 Å². The molecule has 6 aromatic rings. The number of benzene rings is 6. The molecule has 0 spiro atoms. The summed E-state index contributed by atoms with van der Waals surface area (Å²) in [5.74, 6) is -3.15. The van der Waals surface area contributed by atoms with E-state index >= 15 is 0 Å². The Morgan fingerprint density at radius 3 is 1.19 bits per heavy atom. The fourth-order valence-electron chi connectivity index (χ4n) is 8.66. The molecule has 2 aliphatic rings. The van der Waals surface area contributed by atoms with Gasteiger partial charge in [-0.3, -0.25) is 33.6 Å². The summed E-state index contributed by atoms with van der Waals surface area (Å²) in [6.07, 6.45) is 0. The molecule has 3 amide bonds. The van der Waals surface area contributed by atoms with Gasteiger partial charge in [0.15, 0.2) is 34.1 Å². The number of halogens is 2. The SMILES string of the molecule is C.NCCN.[C-]#[N+]c1ccc(F)cc1.[C-]#[N+]c1ccc(N2CCN(CC(=O)O)C(=O)C2)cc1.[C-]#[N+]c1ccc(N2CCN(CC(=O)OCC)C(=O)C2)cc1.[C-]#[N+]c1ccc(NCCN(CC(=O)OCC)C(=O)CCl)cc1.[C-]#[N+]c1ccc(NCCN)cc1.[C-]#[N+]c1ccc(NCCNCC(=O)OCC)cc1.[Li+].[OH-]. The van der Waals surface area contributed by atoms with Crippen LogP contribution in [0.2, 0.25) is 0 Å². The summed E-state index contributed by atoms with van der Waals surface area (Å²) >= 11 is 5.54. The molecule has 0 saturated carbocycles. The molecule has 2 saturated heterocycles. The van der Waals surface area contributed by atoms with Gasteiger partial charge in [0.05, 0.1) is 78.9 Å². The van der Waals surface area contributed by atoms with Gasteiger partial charge in [-0.2, -0.15) is 0 Å². The number of nitrogens with zero attached hydrogens (tertiary/aromatic N) is 11. The molecule has 2 aliphatic heterocycles. The van der Waals surface area contributed by atoms with E-state index in [1.165, 1.54) is 39.0 Å². The number of ether oxygens (including phenoxy) is 3. The summed E-state index contributed by atoms with van der Waals surface area (Å²) in [7, 11) is 0. The number of carboxylic acids is 1. The number of carbonyl (C=O) groups is 7.